The fourth-order valence-corrected chi connectivity index (χ4v) is 7.69. The fraction of sp³-hybridized carbons (Fsp3) is 0.783. The standard InChI is InChI=1S/C46H80NO10P/c1-10-12-21-27-42-38(5)39(6)44(57-42)29-23-18-14-16-20-25-31-46(49)55-40(35-54-58(50,51)53-33-32-47(7,8)9)34-52-45(48)30-24-19-15-13-17-22-28-43-37(4)36(3)41(56-43)26-11-2/h40H,10-35H2,1-9H3/p+1. The van der Waals surface area contributed by atoms with E-state index in [0.717, 1.165) is 119 Å². The van der Waals surface area contributed by atoms with Crippen molar-refractivity contribution < 1.29 is 50.9 Å². The van der Waals surface area contributed by atoms with Gasteiger partial charge in [0.1, 0.15) is 42.8 Å². The van der Waals surface area contributed by atoms with Crippen LogP contribution in [0, 0.1) is 27.7 Å². The number of hydrogen-bond donors (Lipinski definition) is 1. The second-order valence-corrected chi connectivity index (χ2v) is 18.7. The van der Waals surface area contributed by atoms with Crippen LogP contribution < -0.4 is 0 Å². The summed E-state index contributed by atoms with van der Waals surface area (Å²) in [6.45, 7) is 12.9. The van der Waals surface area contributed by atoms with Crippen molar-refractivity contribution in [3.63, 3.8) is 0 Å². The van der Waals surface area contributed by atoms with Crippen LogP contribution in [0.15, 0.2) is 8.83 Å². The van der Waals surface area contributed by atoms with Crippen molar-refractivity contribution in [1.29, 1.82) is 0 Å². The first-order chi connectivity index (χ1) is 27.6. The molecular formula is C46H81NO10P+. The van der Waals surface area contributed by atoms with Crippen LogP contribution in [0.3, 0.4) is 0 Å². The first-order valence-electron chi connectivity index (χ1n) is 22.5. The Morgan fingerprint density at radius 1 is 0.586 bits per heavy atom. The number of phosphoric acid groups is 1. The summed E-state index contributed by atoms with van der Waals surface area (Å²) in [7, 11) is 1.42. The quantitative estimate of drug-likeness (QED) is 0.0314. The molecule has 2 atom stereocenters. The van der Waals surface area contributed by atoms with Crippen LogP contribution in [0.2, 0.25) is 0 Å². The minimum absolute atomic E-state index is 0.0160. The molecule has 0 aliphatic heterocycles. The lowest BCUT2D eigenvalue weighted by molar-refractivity contribution is -0.870. The molecule has 0 amide bonds. The largest absolute Gasteiger partial charge is 0.472 e. The van der Waals surface area contributed by atoms with Gasteiger partial charge in [0.05, 0.1) is 27.7 Å². The van der Waals surface area contributed by atoms with Gasteiger partial charge in [-0.15, -0.1) is 0 Å². The Morgan fingerprint density at radius 3 is 1.48 bits per heavy atom. The number of furan rings is 2. The average Bonchev–Trinajstić information content (AvgIpc) is 3.58. The van der Waals surface area contributed by atoms with Crippen molar-refractivity contribution in [1.82, 2.24) is 0 Å². The van der Waals surface area contributed by atoms with Crippen LogP contribution in [0.1, 0.15) is 175 Å². The first kappa shape index (κ1) is 51.7. The average molecular weight is 839 g/mol. The van der Waals surface area contributed by atoms with Gasteiger partial charge in [0, 0.05) is 38.5 Å². The number of esters is 2. The Bertz CT molecular complexity index is 1510. The van der Waals surface area contributed by atoms with E-state index < -0.39 is 32.5 Å². The molecule has 334 valence electrons. The maximum atomic E-state index is 12.8. The summed E-state index contributed by atoms with van der Waals surface area (Å²) >= 11 is 0. The molecule has 0 spiro atoms. The van der Waals surface area contributed by atoms with Gasteiger partial charge in [-0.2, -0.15) is 0 Å². The number of quaternary nitrogens is 1. The van der Waals surface area contributed by atoms with Gasteiger partial charge in [-0.1, -0.05) is 78.1 Å². The summed E-state index contributed by atoms with van der Waals surface area (Å²) < 4.78 is 46.8. The van der Waals surface area contributed by atoms with E-state index in [0.29, 0.717) is 23.9 Å². The minimum atomic E-state index is -4.40. The molecule has 0 radical (unpaired) electrons. The minimum Gasteiger partial charge on any atom is -0.466 e. The second kappa shape index (κ2) is 28.2. The number of unbranched alkanes of at least 4 members (excludes halogenated alkanes) is 12. The number of nitrogens with zero attached hydrogens (tertiary/aromatic N) is 1. The van der Waals surface area contributed by atoms with Gasteiger partial charge in [-0.3, -0.25) is 18.6 Å². The van der Waals surface area contributed by atoms with Gasteiger partial charge in [-0.05, 0) is 88.5 Å². The third-order valence-corrected chi connectivity index (χ3v) is 12.0. The van der Waals surface area contributed by atoms with Gasteiger partial charge >= 0.3 is 19.8 Å². The van der Waals surface area contributed by atoms with Crippen LogP contribution in [-0.2, 0) is 58.4 Å². The van der Waals surface area contributed by atoms with Gasteiger partial charge < -0.3 is 27.7 Å². The van der Waals surface area contributed by atoms with E-state index in [-0.39, 0.29) is 26.1 Å². The summed E-state index contributed by atoms with van der Waals surface area (Å²) in [6.07, 6.45) is 19.8. The number of aryl methyl sites for hydroxylation is 4. The van der Waals surface area contributed by atoms with E-state index in [1.54, 1.807) is 0 Å². The number of hydrogen-bond acceptors (Lipinski definition) is 9. The first-order valence-corrected chi connectivity index (χ1v) is 24.0. The summed E-state index contributed by atoms with van der Waals surface area (Å²) in [5.74, 6) is 3.66. The van der Waals surface area contributed by atoms with Crippen molar-refractivity contribution in [2.24, 2.45) is 0 Å². The van der Waals surface area contributed by atoms with Gasteiger partial charge in [-0.25, -0.2) is 4.57 Å². The third-order valence-electron chi connectivity index (χ3n) is 11.0. The maximum absolute atomic E-state index is 12.8. The van der Waals surface area contributed by atoms with Gasteiger partial charge in [0.15, 0.2) is 6.10 Å². The van der Waals surface area contributed by atoms with Crippen LogP contribution in [0.25, 0.3) is 0 Å². The van der Waals surface area contributed by atoms with Crippen molar-refractivity contribution in [3.8, 4) is 0 Å². The monoisotopic (exact) mass is 839 g/mol. The number of carbonyl (C=O) groups excluding carboxylic acids is 2. The predicted molar refractivity (Wildman–Crippen MR) is 231 cm³/mol. The van der Waals surface area contributed by atoms with E-state index in [9.17, 15) is 19.0 Å². The molecule has 2 rings (SSSR count). The Labute approximate surface area is 351 Å². The van der Waals surface area contributed by atoms with Crippen molar-refractivity contribution in [2.75, 3.05) is 47.5 Å². The number of rotatable bonds is 34. The normalized spacial score (nSPS) is 13.5. The zero-order chi connectivity index (χ0) is 43.0. The molecule has 58 heavy (non-hydrogen) atoms. The topological polar surface area (TPSA) is 135 Å². The lowest BCUT2D eigenvalue weighted by Gasteiger charge is -2.24. The van der Waals surface area contributed by atoms with E-state index >= 15 is 0 Å². The van der Waals surface area contributed by atoms with Crippen LogP contribution in [0.4, 0.5) is 0 Å². The van der Waals surface area contributed by atoms with E-state index in [1.165, 1.54) is 41.5 Å². The number of carbonyl (C=O) groups is 2. The summed E-state index contributed by atoms with van der Waals surface area (Å²) in [5.41, 5.74) is 5.18. The van der Waals surface area contributed by atoms with Crippen molar-refractivity contribution in [3.05, 3.63) is 45.3 Å². The molecular weight excluding hydrogens is 757 g/mol. The zero-order valence-corrected chi connectivity index (χ0v) is 38.9. The highest BCUT2D eigenvalue weighted by molar-refractivity contribution is 7.47. The molecule has 0 aromatic carbocycles. The van der Waals surface area contributed by atoms with Crippen LogP contribution in [0.5, 0.6) is 0 Å². The molecule has 0 bridgehead atoms. The Morgan fingerprint density at radius 2 is 1.02 bits per heavy atom. The summed E-state index contributed by atoms with van der Waals surface area (Å²) in [6, 6.07) is 0. The molecule has 2 aromatic heterocycles. The number of likely N-dealkylation sites (N-methyl/N-ethyl adjacent to an activating group) is 1. The Kier molecular flexibility index (Phi) is 25.1. The molecule has 0 aliphatic carbocycles. The Balaban J connectivity index is 1.70. The molecule has 0 fully saturated rings. The van der Waals surface area contributed by atoms with E-state index in [4.69, 9.17) is 27.4 Å². The van der Waals surface area contributed by atoms with Crippen molar-refractivity contribution >= 4 is 19.8 Å². The third kappa shape index (κ3) is 21.7. The highest BCUT2D eigenvalue weighted by Crippen LogP contribution is 2.43. The van der Waals surface area contributed by atoms with Crippen LogP contribution in [-0.4, -0.2) is 74.9 Å². The highest BCUT2D eigenvalue weighted by Gasteiger charge is 2.27. The van der Waals surface area contributed by atoms with Crippen molar-refractivity contribution in [2.45, 2.75) is 189 Å². The highest BCUT2D eigenvalue weighted by atomic mass is 31.2. The lowest BCUT2D eigenvalue weighted by Crippen LogP contribution is -2.37. The molecule has 2 unspecified atom stereocenters. The van der Waals surface area contributed by atoms with E-state index in [1.807, 2.05) is 21.1 Å². The Hall–Kier alpha value is -2.43. The van der Waals surface area contributed by atoms with E-state index in [2.05, 4.69) is 41.5 Å². The van der Waals surface area contributed by atoms with Gasteiger partial charge in [0.2, 0.25) is 0 Å². The molecule has 2 aromatic rings. The number of ether oxygens (including phenoxy) is 2. The fourth-order valence-electron chi connectivity index (χ4n) is 6.94. The smallest absolute Gasteiger partial charge is 0.466 e. The van der Waals surface area contributed by atoms with Gasteiger partial charge in [0.25, 0.3) is 0 Å². The second-order valence-electron chi connectivity index (χ2n) is 17.3. The SMILES string of the molecule is CCCCCc1oc(CCCCCCCCC(=O)OC(COC(=O)CCCCCCCCc2oc(CCC)c(C)c2C)COP(=O)(O)OCC[N+](C)(C)C)c(C)c1C. The molecule has 12 heteroatoms. The molecule has 0 aliphatic rings. The maximum Gasteiger partial charge on any atom is 0.472 e. The van der Waals surface area contributed by atoms with Crippen LogP contribution >= 0.6 is 7.82 Å². The molecule has 11 nitrogen and oxygen atoms in total. The number of phosphoric ester groups is 1. The summed E-state index contributed by atoms with van der Waals surface area (Å²) in [5, 5.41) is 0. The summed E-state index contributed by atoms with van der Waals surface area (Å²) in [4.78, 5) is 35.6. The zero-order valence-electron chi connectivity index (χ0n) is 38.0. The lowest BCUT2D eigenvalue weighted by atomic mass is 10.0. The molecule has 1 N–H and O–H groups in total. The molecule has 0 saturated heterocycles. The molecule has 2 heterocycles. The molecule has 0 saturated carbocycles. The predicted octanol–water partition coefficient (Wildman–Crippen LogP) is 11.3.